The summed E-state index contributed by atoms with van der Waals surface area (Å²) in [6.45, 7) is 3.97. The van der Waals surface area contributed by atoms with Crippen LogP contribution in [0.2, 0.25) is 0 Å². The van der Waals surface area contributed by atoms with Crippen LogP contribution in [0.5, 0.6) is 23.0 Å². The van der Waals surface area contributed by atoms with Gasteiger partial charge in [0.2, 0.25) is 12.2 Å². The highest BCUT2D eigenvalue weighted by Crippen LogP contribution is 2.38. The Morgan fingerprint density at radius 3 is 2.70 bits per heavy atom. The number of hydrogen-bond donors (Lipinski definition) is 2. The number of aromatic hydroxyl groups is 2. The molecule has 138 valence electrons. The third-order valence-electron chi connectivity index (χ3n) is 4.52. The van der Waals surface area contributed by atoms with Gasteiger partial charge >= 0.3 is 0 Å². The first kappa shape index (κ1) is 17.0. The minimum atomic E-state index is -0.383. The molecule has 0 aliphatic carbocycles. The lowest BCUT2D eigenvalue weighted by Gasteiger charge is -2.10. The predicted molar refractivity (Wildman–Crippen MR) is 101 cm³/mol. The van der Waals surface area contributed by atoms with Crippen molar-refractivity contribution in [3.05, 3.63) is 58.0 Å². The quantitative estimate of drug-likeness (QED) is 0.678. The third kappa shape index (κ3) is 2.89. The van der Waals surface area contributed by atoms with Gasteiger partial charge in [-0.15, -0.1) is 0 Å². The third-order valence-corrected chi connectivity index (χ3v) is 4.52. The molecule has 0 saturated carbocycles. The first-order chi connectivity index (χ1) is 13.0. The molecule has 4 rings (SSSR count). The molecule has 6 heteroatoms. The summed E-state index contributed by atoms with van der Waals surface area (Å²) in [7, 11) is 0. The minimum absolute atomic E-state index is 0.0418. The van der Waals surface area contributed by atoms with Gasteiger partial charge in [0.15, 0.2) is 11.5 Å². The molecule has 0 spiro atoms. The van der Waals surface area contributed by atoms with E-state index >= 15 is 0 Å². The lowest BCUT2D eigenvalue weighted by Crippen LogP contribution is -2.06. The van der Waals surface area contributed by atoms with Crippen molar-refractivity contribution in [3.63, 3.8) is 0 Å². The molecule has 0 bridgehead atoms. The Balaban J connectivity index is 1.91. The van der Waals surface area contributed by atoms with Crippen LogP contribution in [-0.2, 0) is 6.42 Å². The first-order valence-electron chi connectivity index (χ1n) is 8.48. The number of phenols is 2. The molecule has 0 atom stereocenters. The molecule has 2 N–H and O–H groups in total. The largest absolute Gasteiger partial charge is 0.507 e. The second-order valence-electron chi connectivity index (χ2n) is 6.63. The van der Waals surface area contributed by atoms with Crippen molar-refractivity contribution in [3.8, 4) is 34.1 Å². The van der Waals surface area contributed by atoms with E-state index in [2.05, 4.69) is 0 Å². The molecule has 1 aliphatic rings. The molecular weight excluding hydrogens is 348 g/mol. The minimum Gasteiger partial charge on any atom is -0.507 e. The lowest BCUT2D eigenvalue weighted by atomic mass is 10.0. The van der Waals surface area contributed by atoms with Crippen molar-refractivity contribution in [2.75, 3.05) is 6.79 Å². The second-order valence-corrected chi connectivity index (χ2v) is 6.63. The number of rotatable bonds is 3. The van der Waals surface area contributed by atoms with E-state index in [1.165, 1.54) is 12.3 Å². The molecular formula is C21H18O6. The van der Waals surface area contributed by atoms with Gasteiger partial charge in [0, 0.05) is 11.6 Å². The van der Waals surface area contributed by atoms with Crippen LogP contribution in [0, 0.1) is 0 Å². The zero-order chi connectivity index (χ0) is 19.1. The van der Waals surface area contributed by atoms with Crippen LogP contribution < -0.4 is 14.9 Å². The van der Waals surface area contributed by atoms with Crippen LogP contribution in [0.15, 0.2) is 51.4 Å². The fourth-order valence-corrected chi connectivity index (χ4v) is 3.07. The molecule has 0 saturated heterocycles. The molecule has 3 aromatic rings. The number of ether oxygens (including phenoxy) is 2. The summed E-state index contributed by atoms with van der Waals surface area (Å²) in [5.74, 6) is 0.780. The smallest absolute Gasteiger partial charge is 0.231 e. The van der Waals surface area contributed by atoms with Gasteiger partial charge in [-0.2, -0.15) is 0 Å². The van der Waals surface area contributed by atoms with E-state index in [-0.39, 0.29) is 40.3 Å². The normalized spacial score (nSPS) is 12.4. The Hall–Kier alpha value is -3.41. The predicted octanol–water partition coefficient (Wildman–Crippen LogP) is 4.11. The molecule has 1 aliphatic heterocycles. The summed E-state index contributed by atoms with van der Waals surface area (Å²) in [6.07, 6.45) is 3.49. The maximum absolute atomic E-state index is 13.1. The van der Waals surface area contributed by atoms with Crippen molar-refractivity contribution in [2.24, 2.45) is 0 Å². The fourth-order valence-electron chi connectivity index (χ4n) is 3.07. The highest BCUT2D eigenvalue weighted by Gasteiger charge is 2.20. The van der Waals surface area contributed by atoms with Gasteiger partial charge in [0.1, 0.15) is 28.7 Å². The summed E-state index contributed by atoms with van der Waals surface area (Å²) >= 11 is 0. The zero-order valence-corrected chi connectivity index (χ0v) is 14.9. The molecule has 0 amide bonds. The van der Waals surface area contributed by atoms with Gasteiger partial charge in [0.25, 0.3) is 0 Å². The van der Waals surface area contributed by atoms with E-state index in [9.17, 15) is 15.0 Å². The maximum Gasteiger partial charge on any atom is 0.231 e. The summed E-state index contributed by atoms with van der Waals surface area (Å²) in [6, 6.07) is 6.50. The molecule has 0 radical (unpaired) electrons. The Morgan fingerprint density at radius 2 is 1.93 bits per heavy atom. The average Bonchev–Trinajstić information content (AvgIpc) is 3.08. The van der Waals surface area contributed by atoms with Gasteiger partial charge in [-0.05, 0) is 38.0 Å². The van der Waals surface area contributed by atoms with Gasteiger partial charge in [-0.3, -0.25) is 4.79 Å². The maximum atomic E-state index is 13.1. The standard InChI is InChI=1S/C21H18O6/c1-11(2)3-5-13-15(22)8-18-19(20(13)23)21(24)14(9-25-18)12-4-6-16-17(7-12)27-10-26-16/h3-4,6-9,22-23H,5,10H2,1-2H3. The Morgan fingerprint density at radius 1 is 1.15 bits per heavy atom. The van der Waals surface area contributed by atoms with E-state index in [0.717, 1.165) is 5.57 Å². The zero-order valence-electron chi connectivity index (χ0n) is 14.9. The van der Waals surface area contributed by atoms with Crippen LogP contribution in [-0.4, -0.2) is 17.0 Å². The fraction of sp³-hybridized carbons (Fsp3) is 0.190. The Labute approximate surface area is 154 Å². The number of hydrogen-bond acceptors (Lipinski definition) is 6. The van der Waals surface area contributed by atoms with Crippen molar-refractivity contribution in [1.29, 1.82) is 0 Å². The van der Waals surface area contributed by atoms with E-state index in [1.807, 2.05) is 19.9 Å². The van der Waals surface area contributed by atoms with Gasteiger partial charge < -0.3 is 24.1 Å². The molecule has 0 fully saturated rings. The van der Waals surface area contributed by atoms with Crippen molar-refractivity contribution in [2.45, 2.75) is 20.3 Å². The van der Waals surface area contributed by atoms with Crippen LogP contribution in [0.3, 0.4) is 0 Å². The molecule has 0 unspecified atom stereocenters. The highest BCUT2D eigenvalue weighted by atomic mass is 16.7. The van der Waals surface area contributed by atoms with Crippen LogP contribution in [0.1, 0.15) is 19.4 Å². The van der Waals surface area contributed by atoms with Gasteiger partial charge in [0.05, 0.1) is 5.56 Å². The SMILES string of the molecule is CC(C)=CCc1c(O)cc2occ(-c3ccc4c(c3)OCO4)c(=O)c2c1O. The van der Waals surface area contributed by atoms with E-state index in [0.29, 0.717) is 29.0 Å². The highest BCUT2D eigenvalue weighted by molar-refractivity contribution is 5.90. The van der Waals surface area contributed by atoms with Crippen LogP contribution >= 0.6 is 0 Å². The molecule has 6 nitrogen and oxygen atoms in total. The first-order valence-corrected chi connectivity index (χ1v) is 8.48. The topological polar surface area (TPSA) is 89.1 Å². The average molecular weight is 366 g/mol. The van der Waals surface area contributed by atoms with Crippen LogP contribution in [0.4, 0.5) is 0 Å². The number of fused-ring (bicyclic) bond motifs is 2. The van der Waals surface area contributed by atoms with E-state index in [4.69, 9.17) is 13.9 Å². The van der Waals surface area contributed by atoms with Crippen LogP contribution in [0.25, 0.3) is 22.1 Å². The Kier molecular flexibility index (Phi) is 4.03. The van der Waals surface area contributed by atoms with Crippen molar-refractivity contribution < 1.29 is 24.1 Å². The summed E-state index contributed by atoms with van der Waals surface area (Å²) in [5, 5.41) is 20.9. The Bertz CT molecular complexity index is 1140. The van der Waals surface area contributed by atoms with E-state index < -0.39 is 0 Å². The molecule has 1 aromatic heterocycles. The number of phenolic OH excluding ortho intramolecular Hbond substituents is 2. The second kappa shape index (κ2) is 6.39. The lowest BCUT2D eigenvalue weighted by molar-refractivity contribution is 0.174. The van der Waals surface area contributed by atoms with Crippen molar-refractivity contribution >= 4 is 11.0 Å². The van der Waals surface area contributed by atoms with Gasteiger partial charge in [-0.1, -0.05) is 17.7 Å². The summed E-state index contributed by atoms with van der Waals surface area (Å²) in [4.78, 5) is 13.1. The van der Waals surface area contributed by atoms with Crippen molar-refractivity contribution in [1.82, 2.24) is 0 Å². The molecule has 2 heterocycles. The monoisotopic (exact) mass is 366 g/mol. The van der Waals surface area contributed by atoms with E-state index in [1.54, 1.807) is 18.2 Å². The molecule has 2 aromatic carbocycles. The van der Waals surface area contributed by atoms with Gasteiger partial charge in [-0.25, -0.2) is 0 Å². The summed E-state index contributed by atoms with van der Waals surface area (Å²) in [5.41, 5.74) is 1.95. The summed E-state index contributed by atoms with van der Waals surface area (Å²) < 4.78 is 16.2. The number of benzene rings is 2. The molecule has 27 heavy (non-hydrogen) atoms. The number of allylic oxidation sites excluding steroid dienone is 2.